The molecule has 1 aliphatic heterocycles. The fourth-order valence-corrected chi connectivity index (χ4v) is 3.68. The van der Waals surface area contributed by atoms with Gasteiger partial charge in [0.05, 0.1) is 0 Å². The molecule has 0 radical (unpaired) electrons. The first kappa shape index (κ1) is 17.3. The largest absolute Gasteiger partial charge is 0.329 e. The predicted molar refractivity (Wildman–Crippen MR) is 106 cm³/mol. The van der Waals surface area contributed by atoms with Crippen LogP contribution in [0.5, 0.6) is 0 Å². The van der Waals surface area contributed by atoms with Gasteiger partial charge in [0.2, 0.25) is 5.91 Å². The lowest BCUT2D eigenvalue weighted by atomic mass is 10.00. The number of nitrogens with one attached hydrogen (secondary N) is 1. The summed E-state index contributed by atoms with van der Waals surface area (Å²) in [5.41, 5.74) is 3.29. The molecule has 1 N–H and O–H groups in total. The Labute approximate surface area is 149 Å². The Morgan fingerprint density at radius 2 is 2.04 bits per heavy atom. The standard InChI is InChI=1S/C22H26N2O/c1-6-14(2)10-12-18-8-7-9-19-16(4)24(17(5)21(18)19)20-13-11-15(3)23-22(20)25/h7-9,20H,2-6,10-13H2,1H3,(H,23,25). The third kappa shape index (κ3) is 3.07. The zero-order chi connectivity index (χ0) is 18.1. The van der Waals surface area contributed by atoms with Crippen molar-refractivity contribution in [2.45, 2.75) is 45.1 Å². The van der Waals surface area contributed by atoms with E-state index in [4.69, 9.17) is 0 Å². The molecule has 1 atom stereocenters. The van der Waals surface area contributed by atoms with Gasteiger partial charge in [-0.1, -0.05) is 57.0 Å². The van der Waals surface area contributed by atoms with Gasteiger partial charge in [-0.25, -0.2) is 0 Å². The van der Waals surface area contributed by atoms with Crippen molar-refractivity contribution < 1.29 is 4.79 Å². The number of rotatable bonds is 5. The van der Waals surface area contributed by atoms with Crippen molar-refractivity contribution in [2.75, 3.05) is 0 Å². The SMILES string of the molecule is C=C(CC)CCc1cccc2c(=C)n(C3CCC(=C)NC3=O)c(=C)c12. The van der Waals surface area contributed by atoms with E-state index in [1.54, 1.807) is 0 Å². The minimum absolute atomic E-state index is 0.0210. The van der Waals surface area contributed by atoms with Gasteiger partial charge in [-0.05, 0) is 37.7 Å². The number of hydrogen-bond donors (Lipinski definition) is 1. The predicted octanol–water partition coefficient (Wildman–Crippen LogP) is 3.33. The maximum absolute atomic E-state index is 12.5. The summed E-state index contributed by atoms with van der Waals surface area (Å²) in [6.45, 7) is 18.7. The van der Waals surface area contributed by atoms with Gasteiger partial charge in [-0.3, -0.25) is 4.79 Å². The Bertz CT molecular complexity index is 964. The fraction of sp³-hybridized carbons (Fsp3) is 0.318. The highest BCUT2D eigenvalue weighted by molar-refractivity contribution is 5.89. The van der Waals surface area contributed by atoms with Gasteiger partial charge in [0.1, 0.15) is 6.04 Å². The van der Waals surface area contributed by atoms with Gasteiger partial charge in [-0.15, -0.1) is 0 Å². The number of benzene rings is 1. The van der Waals surface area contributed by atoms with Crippen LogP contribution in [-0.4, -0.2) is 10.5 Å². The molecule has 3 rings (SSSR count). The Balaban J connectivity index is 2.09. The molecule has 0 bridgehead atoms. The fourth-order valence-electron chi connectivity index (χ4n) is 3.68. The molecule has 1 unspecified atom stereocenters. The topological polar surface area (TPSA) is 34.0 Å². The lowest BCUT2D eigenvalue weighted by Gasteiger charge is -2.25. The third-order valence-electron chi connectivity index (χ3n) is 5.21. The molecule has 0 spiro atoms. The number of nitrogens with zero attached hydrogens (tertiary/aromatic N) is 1. The van der Waals surface area contributed by atoms with Crippen molar-refractivity contribution in [3.05, 3.63) is 58.9 Å². The minimum atomic E-state index is -0.267. The molecule has 0 aliphatic carbocycles. The number of carbonyl (C=O) groups is 1. The van der Waals surface area contributed by atoms with E-state index in [2.05, 4.69) is 56.8 Å². The van der Waals surface area contributed by atoms with Crippen molar-refractivity contribution in [2.24, 2.45) is 0 Å². The summed E-state index contributed by atoms with van der Waals surface area (Å²) in [6.07, 6.45) is 4.42. The van der Waals surface area contributed by atoms with E-state index >= 15 is 0 Å². The number of hydrogen-bond acceptors (Lipinski definition) is 1. The Hall–Kier alpha value is -2.55. The molecule has 1 aromatic carbocycles. The zero-order valence-corrected chi connectivity index (χ0v) is 15.0. The first-order chi connectivity index (χ1) is 11.9. The molecule has 1 aromatic heterocycles. The Kier molecular flexibility index (Phi) is 4.67. The molecule has 3 nitrogen and oxygen atoms in total. The van der Waals surface area contributed by atoms with Gasteiger partial charge >= 0.3 is 0 Å². The normalized spacial score (nSPS) is 17.7. The van der Waals surface area contributed by atoms with Crippen LogP contribution >= 0.6 is 0 Å². The highest BCUT2D eigenvalue weighted by atomic mass is 16.2. The minimum Gasteiger partial charge on any atom is -0.329 e. The maximum Gasteiger partial charge on any atom is 0.247 e. The second-order valence-electron chi connectivity index (χ2n) is 6.85. The molecule has 1 fully saturated rings. The Morgan fingerprint density at radius 3 is 2.72 bits per heavy atom. The molecule has 1 amide bonds. The van der Waals surface area contributed by atoms with Crippen molar-refractivity contribution in [1.29, 1.82) is 0 Å². The van der Waals surface area contributed by atoms with Crippen molar-refractivity contribution in [3.63, 3.8) is 0 Å². The van der Waals surface area contributed by atoms with Crippen molar-refractivity contribution in [1.82, 2.24) is 9.88 Å². The van der Waals surface area contributed by atoms with E-state index in [0.717, 1.165) is 59.3 Å². The summed E-state index contributed by atoms with van der Waals surface area (Å²) >= 11 is 0. The first-order valence-electron chi connectivity index (χ1n) is 8.89. The van der Waals surface area contributed by atoms with Crippen molar-refractivity contribution >= 4 is 29.8 Å². The molecule has 2 aromatic rings. The van der Waals surface area contributed by atoms with Crippen LogP contribution in [-0.2, 0) is 11.2 Å². The number of allylic oxidation sites excluding steroid dienone is 2. The molecule has 1 aliphatic rings. The maximum atomic E-state index is 12.5. The van der Waals surface area contributed by atoms with Gasteiger partial charge in [0.15, 0.2) is 0 Å². The number of aromatic nitrogens is 1. The lowest BCUT2D eigenvalue weighted by molar-refractivity contribution is -0.124. The Morgan fingerprint density at radius 1 is 1.28 bits per heavy atom. The average Bonchev–Trinajstić information content (AvgIpc) is 2.85. The summed E-state index contributed by atoms with van der Waals surface area (Å²) < 4.78 is 2.00. The molecule has 0 saturated carbocycles. The van der Waals surface area contributed by atoms with E-state index in [1.807, 2.05) is 4.57 Å². The zero-order valence-electron chi connectivity index (χ0n) is 15.0. The van der Waals surface area contributed by atoms with Crippen LogP contribution in [0.4, 0.5) is 0 Å². The molecule has 3 heteroatoms. The van der Waals surface area contributed by atoms with Gasteiger partial charge in [-0.2, -0.15) is 0 Å². The van der Waals surface area contributed by atoms with Crippen LogP contribution in [0.15, 0.2) is 42.6 Å². The molecule has 2 heterocycles. The molecule has 1 saturated heterocycles. The number of carbonyl (C=O) groups excluding carboxylic acids is 1. The van der Waals surface area contributed by atoms with Crippen LogP contribution in [0.2, 0.25) is 0 Å². The van der Waals surface area contributed by atoms with Crippen LogP contribution in [0, 0.1) is 0 Å². The van der Waals surface area contributed by atoms with Crippen LogP contribution in [0.25, 0.3) is 23.9 Å². The van der Waals surface area contributed by atoms with Gasteiger partial charge < -0.3 is 9.88 Å². The van der Waals surface area contributed by atoms with Crippen LogP contribution < -0.4 is 16.0 Å². The monoisotopic (exact) mass is 334 g/mol. The van der Waals surface area contributed by atoms with E-state index in [0.29, 0.717) is 0 Å². The lowest BCUT2D eigenvalue weighted by Crippen LogP contribution is -2.42. The van der Waals surface area contributed by atoms with Crippen LogP contribution in [0.1, 0.15) is 44.2 Å². The smallest absolute Gasteiger partial charge is 0.247 e. The highest BCUT2D eigenvalue weighted by Crippen LogP contribution is 2.22. The van der Waals surface area contributed by atoms with Crippen LogP contribution in [0.3, 0.4) is 0 Å². The second-order valence-corrected chi connectivity index (χ2v) is 6.85. The average molecular weight is 334 g/mol. The molecule has 25 heavy (non-hydrogen) atoms. The number of piperidine rings is 1. The summed E-state index contributed by atoms with van der Waals surface area (Å²) in [4.78, 5) is 12.5. The van der Waals surface area contributed by atoms with E-state index in [9.17, 15) is 4.79 Å². The summed E-state index contributed by atoms with van der Waals surface area (Å²) in [7, 11) is 0. The quantitative estimate of drug-likeness (QED) is 0.836. The number of amides is 1. The summed E-state index contributed by atoms with van der Waals surface area (Å²) in [5, 5.41) is 6.83. The van der Waals surface area contributed by atoms with Crippen molar-refractivity contribution in [3.8, 4) is 0 Å². The van der Waals surface area contributed by atoms with E-state index in [-0.39, 0.29) is 11.9 Å². The summed E-state index contributed by atoms with van der Waals surface area (Å²) in [5.74, 6) is -0.0210. The molecular formula is C22H26N2O. The van der Waals surface area contributed by atoms with E-state index in [1.165, 1.54) is 11.1 Å². The molecular weight excluding hydrogens is 308 g/mol. The third-order valence-corrected chi connectivity index (χ3v) is 5.21. The van der Waals surface area contributed by atoms with E-state index < -0.39 is 0 Å². The molecule has 130 valence electrons. The van der Waals surface area contributed by atoms with Gasteiger partial charge in [0, 0.05) is 27.2 Å². The van der Waals surface area contributed by atoms with Gasteiger partial charge in [0.25, 0.3) is 0 Å². The summed E-state index contributed by atoms with van der Waals surface area (Å²) in [6, 6.07) is 6.01. The first-order valence-corrected chi connectivity index (χ1v) is 8.89. The number of fused-ring (bicyclic) bond motifs is 1. The highest BCUT2D eigenvalue weighted by Gasteiger charge is 2.27. The number of aryl methyl sites for hydroxylation is 1. The second kappa shape index (κ2) is 6.75.